The van der Waals surface area contributed by atoms with E-state index in [0.717, 1.165) is 25.2 Å². The highest BCUT2D eigenvalue weighted by atomic mass is 16.6. The number of benzene rings is 1. The van der Waals surface area contributed by atoms with Crippen LogP contribution < -0.4 is 5.32 Å². The molecule has 2 saturated heterocycles. The molecule has 2 aliphatic heterocycles. The molecule has 0 radical (unpaired) electrons. The summed E-state index contributed by atoms with van der Waals surface area (Å²) < 4.78 is 0. The second kappa shape index (κ2) is 5.50. The monoisotopic (exact) mass is 275 g/mol. The van der Waals surface area contributed by atoms with Crippen molar-refractivity contribution in [3.63, 3.8) is 0 Å². The molecular formula is C15H21N3O2. The minimum Gasteiger partial charge on any atom is -0.312 e. The third-order valence-electron chi connectivity index (χ3n) is 4.76. The van der Waals surface area contributed by atoms with Crippen molar-refractivity contribution < 1.29 is 4.92 Å². The highest BCUT2D eigenvalue weighted by Gasteiger charge is 2.37. The molecule has 5 heteroatoms. The molecule has 0 aliphatic carbocycles. The predicted octanol–water partition coefficient (Wildman–Crippen LogP) is 2.34. The van der Waals surface area contributed by atoms with Gasteiger partial charge in [-0.15, -0.1) is 0 Å². The van der Waals surface area contributed by atoms with Crippen molar-refractivity contribution in [1.29, 1.82) is 0 Å². The lowest BCUT2D eigenvalue weighted by Crippen LogP contribution is -2.40. The molecule has 1 aromatic rings. The van der Waals surface area contributed by atoms with Gasteiger partial charge in [0, 0.05) is 36.8 Å². The number of para-hydroxylation sites is 1. The number of nitro benzene ring substituents is 1. The first-order chi connectivity index (χ1) is 9.66. The third-order valence-corrected chi connectivity index (χ3v) is 4.76. The number of rotatable bonds is 3. The maximum absolute atomic E-state index is 11.2. The van der Waals surface area contributed by atoms with Crippen molar-refractivity contribution in [2.45, 2.75) is 31.8 Å². The summed E-state index contributed by atoms with van der Waals surface area (Å²) in [5, 5.41) is 14.7. The minimum atomic E-state index is -0.271. The normalized spacial score (nSPS) is 28.1. The molecule has 0 aromatic heterocycles. The fourth-order valence-corrected chi connectivity index (χ4v) is 3.60. The number of hydrogen-bond acceptors (Lipinski definition) is 4. The Balaban J connectivity index is 1.79. The first kappa shape index (κ1) is 13.5. The van der Waals surface area contributed by atoms with Crippen LogP contribution in [-0.2, 0) is 0 Å². The summed E-state index contributed by atoms with van der Waals surface area (Å²) in [6, 6.07) is 7.78. The van der Waals surface area contributed by atoms with Gasteiger partial charge < -0.3 is 5.32 Å². The molecule has 5 nitrogen and oxygen atoms in total. The van der Waals surface area contributed by atoms with Crippen LogP contribution in [0.15, 0.2) is 24.3 Å². The second-order valence-electron chi connectivity index (χ2n) is 5.91. The molecule has 20 heavy (non-hydrogen) atoms. The van der Waals surface area contributed by atoms with Crippen LogP contribution in [0.2, 0.25) is 0 Å². The van der Waals surface area contributed by atoms with E-state index in [0.29, 0.717) is 12.0 Å². The molecule has 0 spiro atoms. The van der Waals surface area contributed by atoms with Crippen molar-refractivity contribution in [1.82, 2.24) is 10.2 Å². The van der Waals surface area contributed by atoms with E-state index in [2.05, 4.69) is 17.1 Å². The van der Waals surface area contributed by atoms with Crippen molar-refractivity contribution in [2.75, 3.05) is 19.6 Å². The van der Waals surface area contributed by atoms with Crippen LogP contribution >= 0.6 is 0 Å². The lowest BCUT2D eigenvalue weighted by molar-refractivity contribution is -0.386. The maximum atomic E-state index is 11.2. The number of fused-ring (bicyclic) bond motifs is 1. The first-order valence-corrected chi connectivity index (χ1v) is 7.37. The van der Waals surface area contributed by atoms with Crippen LogP contribution in [0.1, 0.15) is 31.4 Å². The molecule has 1 aromatic carbocycles. The molecule has 3 atom stereocenters. The molecule has 0 saturated carbocycles. The topological polar surface area (TPSA) is 58.4 Å². The predicted molar refractivity (Wildman–Crippen MR) is 77.6 cm³/mol. The Labute approximate surface area is 119 Å². The fraction of sp³-hybridized carbons (Fsp3) is 0.600. The van der Waals surface area contributed by atoms with Crippen LogP contribution in [0.4, 0.5) is 5.69 Å². The van der Waals surface area contributed by atoms with Gasteiger partial charge in [0.05, 0.1) is 4.92 Å². The van der Waals surface area contributed by atoms with Crippen LogP contribution in [-0.4, -0.2) is 35.5 Å². The van der Waals surface area contributed by atoms with E-state index < -0.39 is 0 Å². The Hall–Kier alpha value is -1.46. The molecule has 0 amide bonds. The zero-order chi connectivity index (χ0) is 14.1. The summed E-state index contributed by atoms with van der Waals surface area (Å²) >= 11 is 0. The molecule has 2 fully saturated rings. The molecule has 1 N–H and O–H groups in total. The van der Waals surface area contributed by atoms with Crippen molar-refractivity contribution in [3.05, 3.63) is 39.9 Å². The number of hydrogen-bond donors (Lipinski definition) is 1. The first-order valence-electron chi connectivity index (χ1n) is 7.37. The molecule has 2 aliphatic rings. The average molecular weight is 275 g/mol. The van der Waals surface area contributed by atoms with E-state index in [1.807, 2.05) is 12.1 Å². The SMILES string of the molecule is CC(c1ccccc1[N+](=O)[O-])N1C[C@@H]2CCCN[C@@H]2C1. The van der Waals surface area contributed by atoms with Gasteiger partial charge in [0.15, 0.2) is 0 Å². The minimum absolute atomic E-state index is 0.101. The van der Waals surface area contributed by atoms with Crippen LogP contribution in [0.25, 0.3) is 0 Å². The Morgan fingerprint density at radius 3 is 2.95 bits per heavy atom. The zero-order valence-electron chi connectivity index (χ0n) is 11.8. The standard InChI is InChI=1S/C15H21N3O2/c1-11(13-6-2-3-7-15(13)18(19)20)17-9-12-5-4-8-16-14(12)10-17/h2-3,6-7,11-12,14,16H,4-5,8-10H2,1H3/t11?,12-,14+/m0/s1. The average Bonchev–Trinajstić information content (AvgIpc) is 2.90. The Morgan fingerprint density at radius 1 is 1.40 bits per heavy atom. The van der Waals surface area contributed by atoms with E-state index >= 15 is 0 Å². The smallest absolute Gasteiger partial charge is 0.274 e. The highest BCUT2D eigenvalue weighted by Crippen LogP contribution is 2.34. The van der Waals surface area contributed by atoms with Gasteiger partial charge in [-0.2, -0.15) is 0 Å². The molecular weight excluding hydrogens is 254 g/mol. The number of nitrogens with one attached hydrogen (secondary N) is 1. The van der Waals surface area contributed by atoms with E-state index in [1.165, 1.54) is 12.8 Å². The summed E-state index contributed by atoms with van der Waals surface area (Å²) in [7, 11) is 0. The Bertz CT molecular complexity index is 492. The highest BCUT2D eigenvalue weighted by molar-refractivity contribution is 5.41. The molecule has 2 heterocycles. The van der Waals surface area contributed by atoms with Gasteiger partial charge >= 0.3 is 0 Å². The molecule has 1 unspecified atom stereocenters. The zero-order valence-corrected chi connectivity index (χ0v) is 11.8. The summed E-state index contributed by atoms with van der Waals surface area (Å²) in [6.07, 6.45) is 2.52. The fourth-order valence-electron chi connectivity index (χ4n) is 3.60. The quantitative estimate of drug-likeness (QED) is 0.679. The summed E-state index contributed by atoms with van der Waals surface area (Å²) in [6.45, 7) is 5.23. The van der Waals surface area contributed by atoms with E-state index in [9.17, 15) is 10.1 Å². The number of likely N-dealkylation sites (tertiary alicyclic amines) is 1. The lowest BCUT2D eigenvalue weighted by Gasteiger charge is -2.25. The van der Waals surface area contributed by atoms with Gasteiger partial charge in [0.2, 0.25) is 0 Å². The second-order valence-corrected chi connectivity index (χ2v) is 5.91. The van der Waals surface area contributed by atoms with Gasteiger partial charge in [0.25, 0.3) is 5.69 Å². The Kier molecular flexibility index (Phi) is 3.72. The molecule has 108 valence electrons. The van der Waals surface area contributed by atoms with Gasteiger partial charge in [-0.25, -0.2) is 0 Å². The summed E-state index contributed by atoms with van der Waals surface area (Å²) in [4.78, 5) is 13.3. The third kappa shape index (κ3) is 2.43. The van der Waals surface area contributed by atoms with Crippen molar-refractivity contribution in [3.8, 4) is 0 Å². The van der Waals surface area contributed by atoms with Gasteiger partial charge in [0.1, 0.15) is 0 Å². The number of nitro groups is 1. The van der Waals surface area contributed by atoms with Crippen LogP contribution in [0.5, 0.6) is 0 Å². The largest absolute Gasteiger partial charge is 0.312 e. The maximum Gasteiger partial charge on any atom is 0.274 e. The number of nitrogens with zero attached hydrogens (tertiary/aromatic N) is 2. The Morgan fingerprint density at radius 2 is 2.20 bits per heavy atom. The molecule has 3 rings (SSSR count). The summed E-state index contributed by atoms with van der Waals surface area (Å²) in [5.74, 6) is 0.703. The van der Waals surface area contributed by atoms with Crippen molar-refractivity contribution >= 4 is 5.69 Å². The number of piperidine rings is 1. The molecule has 0 bridgehead atoms. The van der Waals surface area contributed by atoms with E-state index in [4.69, 9.17) is 0 Å². The van der Waals surface area contributed by atoms with Crippen LogP contribution in [0, 0.1) is 16.0 Å². The van der Waals surface area contributed by atoms with Gasteiger partial charge in [-0.05, 0) is 32.2 Å². The van der Waals surface area contributed by atoms with E-state index in [1.54, 1.807) is 12.1 Å². The van der Waals surface area contributed by atoms with Gasteiger partial charge in [-0.3, -0.25) is 15.0 Å². The van der Waals surface area contributed by atoms with Crippen LogP contribution in [0.3, 0.4) is 0 Å². The lowest BCUT2D eigenvalue weighted by atomic mass is 9.94. The van der Waals surface area contributed by atoms with Crippen molar-refractivity contribution in [2.24, 2.45) is 5.92 Å². The van der Waals surface area contributed by atoms with E-state index in [-0.39, 0.29) is 16.7 Å². The summed E-state index contributed by atoms with van der Waals surface area (Å²) in [5.41, 5.74) is 1.07. The van der Waals surface area contributed by atoms with Gasteiger partial charge in [-0.1, -0.05) is 18.2 Å².